The third kappa shape index (κ3) is 3.89. The fraction of sp³-hybridized carbons (Fsp3) is 0.364. The lowest BCUT2D eigenvalue weighted by Gasteiger charge is -2.08. The van der Waals surface area contributed by atoms with Crippen LogP contribution in [0.2, 0.25) is 0 Å². The number of alkyl halides is 3. The highest BCUT2D eigenvalue weighted by atomic mass is 79.9. The predicted octanol–water partition coefficient (Wildman–Crippen LogP) is 3.43. The number of rotatable bonds is 6. The molecule has 0 unspecified atom stereocenters. The zero-order valence-corrected chi connectivity index (χ0v) is 10.0. The van der Waals surface area contributed by atoms with E-state index in [-0.39, 0.29) is 5.75 Å². The van der Waals surface area contributed by atoms with Gasteiger partial charge in [-0.15, -0.1) is 0 Å². The van der Waals surface area contributed by atoms with Gasteiger partial charge in [0.1, 0.15) is 12.0 Å². The minimum absolute atomic E-state index is 0.0881. The molecule has 0 heterocycles. The van der Waals surface area contributed by atoms with Crippen LogP contribution in [-0.2, 0) is 6.42 Å². The number of carbonyl (C=O) groups excluding carboxylic acids is 1. The smallest absolute Gasteiger partial charge is 0.387 e. The van der Waals surface area contributed by atoms with E-state index in [1.54, 1.807) is 0 Å². The molecule has 0 N–H and O–H groups in total. The molecule has 1 rings (SSSR count). The van der Waals surface area contributed by atoms with Crippen LogP contribution in [0.4, 0.5) is 8.78 Å². The standard InChI is InChI=1S/C11H11BrF2O2/c12-5-1-2-8-6-10(16-11(13)14)4-3-9(8)7-15/h3-4,6-7,11H,1-2,5H2. The molecule has 0 aromatic heterocycles. The van der Waals surface area contributed by atoms with E-state index in [1.165, 1.54) is 18.2 Å². The summed E-state index contributed by atoms with van der Waals surface area (Å²) in [7, 11) is 0. The van der Waals surface area contributed by atoms with E-state index in [1.807, 2.05) is 0 Å². The van der Waals surface area contributed by atoms with Gasteiger partial charge in [-0.05, 0) is 36.6 Å². The molecule has 5 heteroatoms. The van der Waals surface area contributed by atoms with E-state index in [0.717, 1.165) is 23.6 Å². The lowest BCUT2D eigenvalue weighted by atomic mass is 10.0. The number of hydrogen-bond acceptors (Lipinski definition) is 2. The van der Waals surface area contributed by atoms with Crippen molar-refractivity contribution >= 4 is 22.2 Å². The van der Waals surface area contributed by atoms with Crippen LogP contribution in [-0.4, -0.2) is 18.2 Å². The molecule has 2 nitrogen and oxygen atoms in total. The van der Waals surface area contributed by atoms with Gasteiger partial charge in [0.05, 0.1) is 0 Å². The first-order chi connectivity index (χ1) is 7.67. The Morgan fingerprint density at radius 2 is 2.19 bits per heavy atom. The summed E-state index contributed by atoms with van der Waals surface area (Å²) in [6.45, 7) is -2.84. The average Bonchev–Trinajstić information content (AvgIpc) is 2.25. The van der Waals surface area contributed by atoms with Gasteiger partial charge in [-0.1, -0.05) is 15.9 Å². The number of hydrogen-bond donors (Lipinski definition) is 0. The van der Waals surface area contributed by atoms with Gasteiger partial charge in [-0.2, -0.15) is 8.78 Å². The van der Waals surface area contributed by atoms with Gasteiger partial charge in [0.25, 0.3) is 0 Å². The quantitative estimate of drug-likeness (QED) is 0.593. The van der Waals surface area contributed by atoms with Crippen LogP contribution in [0.15, 0.2) is 18.2 Å². The summed E-state index contributed by atoms with van der Waals surface area (Å²) in [6, 6.07) is 4.35. The predicted molar refractivity (Wildman–Crippen MR) is 60.6 cm³/mol. The number of carbonyl (C=O) groups is 1. The molecule has 1 aromatic rings. The van der Waals surface area contributed by atoms with Gasteiger partial charge >= 0.3 is 6.61 Å². The number of ether oxygens (including phenoxy) is 1. The number of halogens is 3. The van der Waals surface area contributed by atoms with Gasteiger partial charge in [0.2, 0.25) is 0 Å². The zero-order valence-electron chi connectivity index (χ0n) is 8.46. The molecule has 0 saturated heterocycles. The summed E-state index contributed by atoms with van der Waals surface area (Å²) in [5, 5.41) is 0.797. The van der Waals surface area contributed by atoms with Crippen molar-refractivity contribution in [3.8, 4) is 5.75 Å². The van der Waals surface area contributed by atoms with Gasteiger partial charge < -0.3 is 4.74 Å². The summed E-state index contributed by atoms with van der Waals surface area (Å²) < 4.78 is 28.2. The maximum absolute atomic E-state index is 12.0. The molecule has 0 radical (unpaired) electrons. The molecular weight excluding hydrogens is 282 g/mol. The molecule has 0 fully saturated rings. The Bertz CT molecular complexity index is 356. The Morgan fingerprint density at radius 3 is 2.75 bits per heavy atom. The summed E-state index contributed by atoms with van der Waals surface area (Å²) in [5.41, 5.74) is 1.25. The monoisotopic (exact) mass is 292 g/mol. The van der Waals surface area contributed by atoms with Crippen LogP contribution in [0.25, 0.3) is 0 Å². The van der Waals surface area contributed by atoms with E-state index >= 15 is 0 Å². The normalized spacial score (nSPS) is 10.5. The number of benzene rings is 1. The molecular formula is C11H11BrF2O2. The van der Waals surface area contributed by atoms with E-state index in [4.69, 9.17) is 0 Å². The summed E-state index contributed by atoms with van der Waals surface area (Å²) in [5.74, 6) is 0.0881. The molecule has 1 aromatic carbocycles. The number of aldehydes is 1. The van der Waals surface area contributed by atoms with Crippen LogP contribution in [0.1, 0.15) is 22.3 Å². The Morgan fingerprint density at radius 1 is 1.44 bits per heavy atom. The maximum Gasteiger partial charge on any atom is 0.387 e. The highest BCUT2D eigenvalue weighted by molar-refractivity contribution is 9.09. The van der Waals surface area contributed by atoms with Gasteiger partial charge in [-0.25, -0.2) is 0 Å². The summed E-state index contributed by atoms with van der Waals surface area (Å²) in [4.78, 5) is 10.7. The highest BCUT2D eigenvalue weighted by Crippen LogP contribution is 2.20. The van der Waals surface area contributed by atoms with Crippen LogP contribution in [0.5, 0.6) is 5.75 Å². The molecule has 0 aliphatic rings. The van der Waals surface area contributed by atoms with Crippen molar-refractivity contribution in [1.29, 1.82) is 0 Å². The molecule has 88 valence electrons. The van der Waals surface area contributed by atoms with Gasteiger partial charge in [-0.3, -0.25) is 4.79 Å². The second kappa shape index (κ2) is 6.58. The second-order valence-electron chi connectivity index (χ2n) is 3.15. The van der Waals surface area contributed by atoms with Crippen LogP contribution in [0.3, 0.4) is 0 Å². The van der Waals surface area contributed by atoms with Crippen molar-refractivity contribution in [3.05, 3.63) is 29.3 Å². The minimum Gasteiger partial charge on any atom is -0.435 e. The first-order valence-corrected chi connectivity index (χ1v) is 5.88. The lowest BCUT2D eigenvalue weighted by molar-refractivity contribution is -0.0498. The third-order valence-electron chi connectivity index (χ3n) is 2.05. The van der Waals surface area contributed by atoms with Crippen molar-refractivity contribution in [2.75, 3.05) is 5.33 Å². The van der Waals surface area contributed by atoms with Crippen molar-refractivity contribution < 1.29 is 18.3 Å². The second-order valence-corrected chi connectivity index (χ2v) is 3.94. The Hall–Kier alpha value is -0.970. The molecule has 0 bridgehead atoms. The topological polar surface area (TPSA) is 26.3 Å². The molecule has 0 aliphatic heterocycles. The Balaban J connectivity index is 2.87. The van der Waals surface area contributed by atoms with Crippen LogP contribution < -0.4 is 4.74 Å². The highest BCUT2D eigenvalue weighted by Gasteiger charge is 2.07. The van der Waals surface area contributed by atoms with Crippen LogP contribution >= 0.6 is 15.9 Å². The summed E-state index contributed by atoms with van der Waals surface area (Å²) in [6.07, 6.45) is 2.20. The average molecular weight is 293 g/mol. The Kier molecular flexibility index (Phi) is 5.38. The third-order valence-corrected chi connectivity index (χ3v) is 2.61. The van der Waals surface area contributed by atoms with Crippen molar-refractivity contribution in [2.45, 2.75) is 19.5 Å². The Labute approximate surface area is 101 Å². The van der Waals surface area contributed by atoms with E-state index < -0.39 is 6.61 Å². The molecule has 0 amide bonds. The maximum atomic E-state index is 12.0. The molecule has 16 heavy (non-hydrogen) atoms. The zero-order chi connectivity index (χ0) is 12.0. The molecule has 0 aliphatic carbocycles. The minimum atomic E-state index is -2.84. The molecule has 0 saturated carbocycles. The van der Waals surface area contributed by atoms with Crippen molar-refractivity contribution in [3.63, 3.8) is 0 Å². The fourth-order valence-corrected chi connectivity index (χ4v) is 1.63. The first kappa shape index (κ1) is 13.1. The van der Waals surface area contributed by atoms with Crippen LogP contribution in [0, 0.1) is 0 Å². The van der Waals surface area contributed by atoms with Gasteiger partial charge in [0, 0.05) is 10.9 Å². The lowest BCUT2D eigenvalue weighted by Crippen LogP contribution is -2.03. The number of aryl methyl sites for hydroxylation is 1. The van der Waals surface area contributed by atoms with Crippen molar-refractivity contribution in [2.24, 2.45) is 0 Å². The van der Waals surface area contributed by atoms with Crippen molar-refractivity contribution in [1.82, 2.24) is 0 Å². The molecule has 0 atom stereocenters. The largest absolute Gasteiger partial charge is 0.435 e. The van der Waals surface area contributed by atoms with E-state index in [0.29, 0.717) is 12.0 Å². The van der Waals surface area contributed by atoms with E-state index in [2.05, 4.69) is 20.7 Å². The van der Waals surface area contributed by atoms with E-state index in [9.17, 15) is 13.6 Å². The fourth-order valence-electron chi connectivity index (χ4n) is 1.35. The first-order valence-electron chi connectivity index (χ1n) is 4.76. The summed E-state index contributed by atoms with van der Waals surface area (Å²) >= 11 is 3.27. The molecule has 0 spiro atoms. The SMILES string of the molecule is O=Cc1ccc(OC(F)F)cc1CCCBr. The van der Waals surface area contributed by atoms with Gasteiger partial charge in [0.15, 0.2) is 0 Å².